The average molecular weight is 279 g/mol. The van der Waals surface area contributed by atoms with Crippen LogP contribution in [0.4, 0.5) is 5.82 Å². The average Bonchev–Trinajstić information content (AvgIpc) is 2.29. The summed E-state index contributed by atoms with van der Waals surface area (Å²) >= 11 is 2.11. The first kappa shape index (κ1) is 9.83. The van der Waals surface area contributed by atoms with Crippen LogP contribution in [0.15, 0.2) is 6.07 Å². The van der Waals surface area contributed by atoms with E-state index in [0.29, 0.717) is 0 Å². The first-order valence-corrected chi connectivity index (χ1v) is 4.94. The van der Waals surface area contributed by atoms with Crippen molar-refractivity contribution in [1.82, 2.24) is 9.78 Å². The Balaban J connectivity index is 3.05. The maximum atomic E-state index is 4.40. The lowest BCUT2D eigenvalue weighted by Crippen LogP contribution is -2.12. The molecule has 0 unspecified atom stereocenters. The molecular formula is C8H14IN3. The Labute approximate surface area is 87.0 Å². The normalized spacial score (nSPS) is 11.8. The molecule has 68 valence electrons. The molecule has 0 saturated carbocycles. The van der Waals surface area contributed by atoms with Gasteiger partial charge in [-0.25, -0.2) is 0 Å². The highest BCUT2D eigenvalue weighted by Crippen LogP contribution is 2.23. The van der Waals surface area contributed by atoms with Gasteiger partial charge in [0.1, 0.15) is 5.82 Å². The monoisotopic (exact) mass is 279 g/mol. The van der Waals surface area contributed by atoms with Crippen molar-refractivity contribution in [3.63, 3.8) is 0 Å². The van der Waals surface area contributed by atoms with E-state index in [1.165, 1.54) is 0 Å². The molecule has 12 heavy (non-hydrogen) atoms. The van der Waals surface area contributed by atoms with E-state index in [2.05, 4.69) is 58.3 Å². The van der Waals surface area contributed by atoms with Gasteiger partial charge < -0.3 is 3.53 Å². The Hall–Kier alpha value is -0.260. The van der Waals surface area contributed by atoms with Gasteiger partial charge in [0.2, 0.25) is 0 Å². The quantitative estimate of drug-likeness (QED) is 0.632. The van der Waals surface area contributed by atoms with Crippen molar-refractivity contribution in [3.05, 3.63) is 11.8 Å². The summed E-state index contributed by atoms with van der Waals surface area (Å²) in [5.74, 6) is 1.04. The Morgan fingerprint density at radius 3 is 2.33 bits per heavy atom. The summed E-state index contributed by atoms with van der Waals surface area (Å²) < 4.78 is 4.91. The lowest BCUT2D eigenvalue weighted by molar-refractivity contribution is 0.553. The molecule has 3 nitrogen and oxygen atoms in total. The van der Waals surface area contributed by atoms with Crippen LogP contribution in [0, 0.1) is 0 Å². The fourth-order valence-electron chi connectivity index (χ4n) is 0.922. The molecule has 0 aliphatic rings. The smallest absolute Gasteiger partial charge is 0.132 e. The lowest BCUT2D eigenvalue weighted by Gasteiger charge is -2.13. The predicted octanol–water partition coefficient (Wildman–Crippen LogP) is 2.48. The van der Waals surface area contributed by atoms with Gasteiger partial charge in [0.25, 0.3) is 0 Å². The second-order valence-corrected chi connectivity index (χ2v) is 4.42. The van der Waals surface area contributed by atoms with Crippen LogP contribution in [0.2, 0.25) is 0 Å². The fourth-order valence-corrected chi connectivity index (χ4v) is 1.43. The molecule has 1 aromatic rings. The minimum absolute atomic E-state index is 0.128. The van der Waals surface area contributed by atoms with E-state index in [1.807, 2.05) is 11.7 Å². The van der Waals surface area contributed by atoms with E-state index in [-0.39, 0.29) is 5.41 Å². The standard InChI is InChI=1S/C8H14IN3/c1-8(2,3)6-5-7(10-9)12(4)11-6/h5,10H,1-4H3. The third-order valence-electron chi connectivity index (χ3n) is 1.75. The highest BCUT2D eigenvalue weighted by Gasteiger charge is 2.18. The van der Waals surface area contributed by atoms with Crippen LogP contribution < -0.4 is 3.53 Å². The highest BCUT2D eigenvalue weighted by atomic mass is 127. The maximum absolute atomic E-state index is 4.40. The van der Waals surface area contributed by atoms with Gasteiger partial charge in [-0.1, -0.05) is 20.8 Å². The molecule has 0 saturated heterocycles. The number of hydrogen-bond acceptors (Lipinski definition) is 2. The van der Waals surface area contributed by atoms with Crippen LogP contribution >= 0.6 is 22.9 Å². The zero-order chi connectivity index (χ0) is 9.35. The summed E-state index contributed by atoms with van der Waals surface area (Å²) in [7, 11) is 1.94. The molecule has 0 amide bonds. The van der Waals surface area contributed by atoms with Crippen LogP contribution in [0.5, 0.6) is 0 Å². The van der Waals surface area contributed by atoms with E-state index in [4.69, 9.17) is 0 Å². The van der Waals surface area contributed by atoms with Crippen molar-refractivity contribution >= 4 is 28.7 Å². The molecule has 1 aromatic heterocycles. The SMILES string of the molecule is Cn1nc(C(C)(C)C)cc1NI. The summed E-state index contributed by atoms with van der Waals surface area (Å²) in [6, 6.07) is 2.08. The van der Waals surface area contributed by atoms with E-state index in [1.54, 1.807) is 0 Å². The maximum Gasteiger partial charge on any atom is 0.132 e. The van der Waals surface area contributed by atoms with Crippen molar-refractivity contribution in [2.24, 2.45) is 7.05 Å². The van der Waals surface area contributed by atoms with Crippen molar-refractivity contribution in [1.29, 1.82) is 0 Å². The summed E-state index contributed by atoms with van der Waals surface area (Å²) in [5.41, 5.74) is 1.24. The number of aryl methyl sites for hydroxylation is 1. The van der Waals surface area contributed by atoms with E-state index < -0.39 is 0 Å². The molecule has 0 atom stereocenters. The van der Waals surface area contributed by atoms with Crippen LogP contribution in [0.25, 0.3) is 0 Å². The van der Waals surface area contributed by atoms with Crippen LogP contribution in [-0.2, 0) is 12.5 Å². The van der Waals surface area contributed by atoms with Crippen molar-refractivity contribution in [3.8, 4) is 0 Å². The molecule has 1 heterocycles. The van der Waals surface area contributed by atoms with Gasteiger partial charge in [0.15, 0.2) is 0 Å². The number of nitrogens with one attached hydrogen (secondary N) is 1. The second kappa shape index (κ2) is 3.24. The third-order valence-corrected chi connectivity index (χ3v) is 2.30. The van der Waals surface area contributed by atoms with Gasteiger partial charge in [-0.05, 0) is 0 Å². The molecule has 4 heteroatoms. The molecule has 1 rings (SSSR count). The Kier molecular flexibility index (Phi) is 2.65. The lowest BCUT2D eigenvalue weighted by atomic mass is 9.92. The number of hydrogen-bond donors (Lipinski definition) is 1. The number of halogens is 1. The molecule has 0 bridgehead atoms. The van der Waals surface area contributed by atoms with Crippen molar-refractivity contribution < 1.29 is 0 Å². The molecule has 0 aliphatic carbocycles. The second-order valence-electron chi connectivity index (χ2n) is 3.88. The minimum Gasteiger partial charge on any atom is -0.313 e. The Morgan fingerprint density at radius 1 is 1.50 bits per heavy atom. The Morgan fingerprint density at radius 2 is 2.08 bits per heavy atom. The van der Waals surface area contributed by atoms with Crippen LogP contribution in [0.3, 0.4) is 0 Å². The fraction of sp³-hybridized carbons (Fsp3) is 0.625. The molecule has 1 N–H and O–H groups in total. The van der Waals surface area contributed by atoms with E-state index in [9.17, 15) is 0 Å². The zero-order valence-electron chi connectivity index (χ0n) is 7.85. The summed E-state index contributed by atoms with van der Waals surface area (Å²) in [6.07, 6.45) is 0. The summed E-state index contributed by atoms with van der Waals surface area (Å²) in [4.78, 5) is 0. The Bertz CT molecular complexity index is 272. The van der Waals surface area contributed by atoms with E-state index in [0.717, 1.165) is 11.5 Å². The molecule has 0 aliphatic heterocycles. The largest absolute Gasteiger partial charge is 0.313 e. The topological polar surface area (TPSA) is 29.9 Å². The summed E-state index contributed by atoms with van der Waals surface area (Å²) in [6.45, 7) is 6.48. The number of aromatic nitrogens is 2. The van der Waals surface area contributed by atoms with Crippen LogP contribution in [0.1, 0.15) is 26.5 Å². The predicted molar refractivity (Wildman–Crippen MR) is 59.6 cm³/mol. The van der Waals surface area contributed by atoms with Gasteiger partial charge in [-0.15, -0.1) is 0 Å². The number of anilines is 1. The third kappa shape index (κ3) is 1.91. The van der Waals surface area contributed by atoms with Gasteiger partial charge in [-0.3, -0.25) is 4.68 Å². The van der Waals surface area contributed by atoms with Gasteiger partial charge in [-0.2, -0.15) is 5.10 Å². The van der Waals surface area contributed by atoms with Gasteiger partial charge >= 0.3 is 0 Å². The van der Waals surface area contributed by atoms with Crippen molar-refractivity contribution in [2.45, 2.75) is 26.2 Å². The zero-order valence-corrected chi connectivity index (χ0v) is 10.0. The first-order valence-electron chi connectivity index (χ1n) is 3.86. The molecular weight excluding hydrogens is 265 g/mol. The van der Waals surface area contributed by atoms with Crippen LogP contribution in [-0.4, -0.2) is 9.78 Å². The van der Waals surface area contributed by atoms with E-state index >= 15 is 0 Å². The molecule has 0 aromatic carbocycles. The van der Waals surface area contributed by atoms with Crippen molar-refractivity contribution in [2.75, 3.05) is 3.53 Å². The number of rotatable bonds is 1. The first-order chi connectivity index (χ1) is 5.45. The molecule has 0 radical (unpaired) electrons. The van der Waals surface area contributed by atoms with Gasteiger partial charge in [0, 0.05) is 18.5 Å². The molecule has 0 fully saturated rings. The highest BCUT2D eigenvalue weighted by molar-refractivity contribution is 14.1. The molecule has 0 spiro atoms. The summed E-state index contributed by atoms with van der Waals surface area (Å²) in [5, 5.41) is 4.40. The number of nitrogens with zero attached hydrogens (tertiary/aromatic N) is 2. The minimum atomic E-state index is 0.128. The van der Waals surface area contributed by atoms with Gasteiger partial charge in [0.05, 0.1) is 28.6 Å².